The van der Waals surface area contributed by atoms with Crippen LogP contribution in [0.25, 0.3) is 0 Å². The highest BCUT2D eigenvalue weighted by molar-refractivity contribution is 6.38. The molecule has 1 saturated heterocycles. The molecule has 2 fully saturated rings. The van der Waals surface area contributed by atoms with E-state index in [1.54, 1.807) is 58.4 Å². The van der Waals surface area contributed by atoms with Crippen LogP contribution in [-0.4, -0.2) is 128 Å². The van der Waals surface area contributed by atoms with E-state index in [0.717, 1.165) is 37.7 Å². The zero-order valence-electron chi connectivity index (χ0n) is 34.6. The Morgan fingerprint density at radius 3 is 2.39 bits per heavy atom. The summed E-state index contributed by atoms with van der Waals surface area (Å²) in [6.45, 7) is 2.26. The predicted octanol–water partition coefficient (Wildman–Crippen LogP) is 2.46. The largest absolute Gasteiger partial charge is 0.493 e. The fourth-order valence-electron chi connectivity index (χ4n) is 7.89. The number of hydrogen-bond donors (Lipinski definition) is 4. The highest BCUT2D eigenvalue weighted by atomic mass is 16.5. The second-order valence-electron chi connectivity index (χ2n) is 15.8. The summed E-state index contributed by atoms with van der Waals surface area (Å²) in [4.78, 5) is 99.4. The molecule has 2 aliphatic heterocycles. The SMILES string of the molecule is CCC[C@@H](NC(=O)C1C[C@@H]2CN1C(=O)[C@@H](C1CCCCC1)NC(=O)N(C)Cc1cccc(c1)OCCCO2)C(=O)C(=O)NCC(=O)N[C@H](C(=O)N(C)C)c1ccccc1. The van der Waals surface area contributed by atoms with Crippen molar-refractivity contribution < 1.29 is 43.0 Å². The normalized spacial score (nSPS) is 21.5. The average Bonchev–Trinajstić information content (AvgIpc) is 3.67. The number of Topliss-reactive ketones (excluding diaryl/α,β-unsaturated/α-hetero) is 1. The molecule has 2 heterocycles. The lowest BCUT2D eigenvalue weighted by Gasteiger charge is -2.35. The predicted molar refractivity (Wildman–Crippen MR) is 218 cm³/mol. The van der Waals surface area contributed by atoms with E-state index in [-0.39, 0.29) is 37.8 Å². The molecule has 320 valence electrons. The maximum Gasteiger partial charge on any atom is 0.318 e. The molecule has 2 aromatic carbocycles. The summed E-state index contributed by atoms with van der Waals surface area (Å²) in [5, 5.41) is 10.7. The minimum Gasteiger partial charge on any atom is -0.493 e. The van der Waals surface area contributed by atoms with Gasteiger partial charge in [0.2, 0.25) is 29.4 Å². The van der Waals surface area contributed by atoms with Crippen LogP contribution in [0.15, 0.2) is 54.6 Å². The van der Waals surface area contributed by atoms with Crippen LogP contribution in [0, 0.1) is 5.92 Å². The summed E-state index contributed by atoms with van der Waals surface area (Å²) in [5.74, 6) is -3.62. The maximum absolute atomic E-state index is 14.7. The Labute approximate surface area is 346 Å². The zero-order chi connectivity index (χ0) is 42.5. The Balaban J connectivity index is 1.29. The van der Waals surface area contributed by atoms with Gasteiger partial charge in [0.1, 0.15) is 23.9 Å². The van der Waals surface area contributed by atoms with Crippen molar-refractivity contribution in [2.45, 2.75) is 102 Å². The molecule has 1 unspecified atom stereocenters. The van der Waals surface area contributed by atoms with E-state index in [2.05, 4.69) is 21.3 Å². The number of benzene rings is 2. The molecule has 2 aromatic rings. The zero-order valence-corrected chi connectivity index (χ0v) is 34.6. The summed E-state index contributed by atoms with van der Waals surface area (Å²) >= 11 is 0. The fraction of sp³-hybridized carbons (Fsp3) is 0.558. The molecule has 1 aliphatic carbocycles. The van der Waals surface area contributed by atoms with Gasteiger partial charge in [0, 0.05) is 47.1 Å². The average molecular weight is 818 g/mol. The smallest absolute Gasteiger partial charge is 0.318 e. The summed E-state index contributed by atoms with van der Waals surface area (Å²) in [5.41, 5.74) is 1.41. The lowest BCUT2D eigenvalue weighted by Crippen LogP contribution is -2.59. The molecule has 16 heteroatoms. The Morgan fingerprint density at radius 1 is 0.932 bits per heavy atom. The van der Waals surface area contributed by atoms with Crippen LogP contribution in [0.4, 0.5) is 4.79 Å². The van der Waals surface area contributed by atoms with Crippen LogP contribution < -0.4 is 26.0 Å². The molecule has 0 radical (unpaired) electrons. The number of ketones is 1. The molecule has 16 nitrogen and oxygen atoms in total. The van der Waals surface area contributed by atoms with Crippen LogP contribution in [0.5, 0.6) is 5.75 Å². The lowest BCUT2D eigenvalue weighted by molar-refractivity contribution is -0.143. The molecule has 3 aliphatic rings. The summed E-state index contributed by atoms with van der Waals surface area (Å²) in [6.07, 6.45) is 5.06. The first-order valence-corrected chi connectivity index (χ1v) is 20.7. The number of urea groups is 1. The molecular weight excluding hydrogens is 759 g/mol. The van der Waals surface area contributed by atoms with Crippen molar-refractivity contribution in [1.29, 1.82) is 0 Å². The second-order valence-corrected chi connectivity index (χ2v) is 15.8. The maximum atomic E-state index is 14.7. The first-order valence-electron chi connectivity index (χ1n) is 20.7. The number of nitrogens with one attached hydrogen (secondary N) is 4. The third-order valence-electron chi connectivity index (χ3n) is 11.1. The molecule has 4 bridgehead atoms. The molecule has 4 N–H and O–H groups in total. The van der Waals surface area contributed by atoms with Crippen molar-refractivity contribution in [2.24, 2.45) is 5.92 Å². The van der Waals surface area contributed by atoms with E-state index >= 15 is 0 Å². The summed E-state index contributed by atoms with van der Waals surface area (Å²) in [7, 11) is 4.78. The fourth-order valence-corrected chi connectivity index (χ4v) is 7.89. The van der Waals surface area contributed by atoms with Gasteiger partial charge in [-0.3, -0.25) is 28.8 Å². The van der Waals surface area contributed by atoms with E-state index in [1.807, 2.05) is 24.3 Å². The molecule has 0 spiro atoms. The van der Waals surface area contributed by atoms with Gasteiger partial charge in [-0.1, -0.05) is 75.1 Å². The number of carbonyl (C=O) groups is 7. The van der Waals surface area contributed by atoms with Gasteiger partial charge < -0.3 is 45.4 Å². The summed E-state index contributed by atoms with van der Waals surface area (Å²) < 4.78 is 12.1. The number of likely N-dealkylation sites (N-methyl/N-ethyl adjacent to an activating group) is 1. The Morgan fingerprint density at radius 2 is 1.68 bits per heavy atom. The van der Waals surface area contributed by atoms with E-state index in [4.69, 9.17) is 9.47 Å². The molecule has 5 atom stereocenters. The molecule has 1 saturated carbocycles. The van der Waals surface area contributed by atoms with Gasteiger partial charge in [-0.15, -0.1) is 0 Å². The van der Waals surface area contributed by atoms with Crippen LogP contribution >= 0.6 is 0 Å². The van der Waals surface area contributed by atoms with Crippen molar-refractivity contribution in [3.8, 4) is 5.75 Å². The highest BCUT2D eigenvalue weighted by Gasteiger charge is 2.45. The molecule has 5 rings (SSSR count). The topological polar surface area (TPSA) is 196 Å². The Kier molecular flexibility index (Phi) is 16.2. The molecule has 7 amide bonds. The first kappa shape index (κ1) is 44.6. The minimum atomic E-state index is -1.25. The number of fused-ring (bicyclic) bond motifs is 4. The number of carbonyl (C=O) groups excluding carboxylic acids is 7. The third kappa shape index (κ3) is 12.3. The van der Waals surface area contributed by atoms with Crippen molar-refractivity contribution in [1.82, 2.24) is 36.0 Å². The standard InChI is InChI=1S/C43H59N7O9/c1-5-14-33(38(52)40(54)44-25-35(51)46-36(41(55)48(2)3)29-16-8-6-9-17-29)45-39(53)34-24-32-27-50(34)42(56)37(30-18-10-7-11-19-30)47-43(57)49(4)26-28-15-12-20-31(23-28)58-21-13-22-59-32/h6,8-9,12,15-17,20,23,30,32-34,36-37H,5,7,10-11,13-14,18-19,21-22,24-27H2,1-4H3,(H,44,54)(H,45,53)(H,46,51)(H,47,57)/t32-,33-,34?,36+,37-/m1/s1. The summed E-state index contributed by atoms with van der Waals surface area (Å²) in [6, 6.07) is 11.5. The van der Waals surface area contributed by atoms with Crippen LogP contribution in [0.1, 0.15) is 81.9 Å². The van der Waals surface area contributed by atoms with E-state index in [9.17, 15) is 33.6 Å². The number of nitrogens with zero attached hydrogens (tertiary/aromatic N) is 3. The monoisotopic (exact) mass is 817 g/mol. The number of hydrogen-bond acceptors (Lipinski definition) is 9. The van der Waals surface area contributed by atoms with Gasteiger partial charge in [0.15, 0.2) is 0 Å². The third-order valence-corrected chi connectivity index (χ3v) is 11.1. The van der Waals surface area contributed by atoms with E-state index in [1.165, 1.54) is 14.7 Å². The number of ether oxygens (including phenoxy) is 2. The van der Waals surface area contributed by atoms with Gasteiger partial charge in [-0.25, -0.2) is 4.79 Å². The highest BCUT2D eigenvalue weighted by Crippen LogP contribution is 2.30. The van der Waals surface area contributed by atoms with Crippen molar-refractivity contribution >= 4 is 41.4 Å². The molecule has 59 heavy (non-hydrogen) atoms. The first-order chi connectivity index (χ1) is 28.4. The van der Waals surface area contributed by atoms with Crippen LogP contribution in [0.3, 0.4) is 0 Å². The van der Waals surface area contributed by atoms with Gasteiger partial charge in [0.25, 0.3) is 5.91 Å². The minimum absolute atomic E-state index is 0.0930. The van der Waals surface area contributed by atoms with Crippen molar-refractivity contribution in [3.63, 3.8) is 0 Å². The van der Waals surface area contributed by atoms with Gasteiger partial charge in [0.05, 0.1) is 31.9 Å². The van der Waals surface area contributed by atoms with Gasteiger partial charge in [-0.2, -0.15) is 0 Å². The second kappa shape index (κ2) is 21.5. The van der Waals surface area contributed by atoms with E-state index in [0.29, 0.717) is 37.4 Å². The van der Waals surface area contributed by atoms with Crippen LogP contribution in [0.2, 0.25) is 0 Å². The van der Waals surface area contributed by atoms with Crippen molar-refractivity contribution in [3.05, 3.63) is 65.7 Å². The van der Waals surface area contributed by atoms with Crippen LogP contribution in [-0.2, 0) is 40.0 Å². The Hall–Kier alpha value is -5.51. The van der Waals surface area contributed by atoms with E-state index < -0.39 is 72.3 Å². The van der Waals surface area contributed by atoms with Crippen molar-refractivity contribution in [2.75, 3.05) is 47.4 Å². The van der Waals surface area contributed by atoms with Gasteiger partial charge >= 0.3 is 6.03 Å². The van der Waals surface area contributed by atoms with Gasteiger partial charge in [-0.05, 0) is 48.4 Å². The quantitative estimate of drug-likeness (QED) is 0.233. The number of rotatable bonds is 12. The lowest BCUT2D eigenvalue weighted by atomic mass is 9.83. The molecule has 0 aromatic heterocycles. The Bertz CT molecular complexity index is 1800. The number of amides is 7. The molecular formula is C43H59N7O9.